The predicted molar refractivity (Wildman–Crippen MR) is 80.7 cm³/mol. The molecule has 18 heavy (non-hydrogen) atoms. The molecule has 0 bridgehead atoms. The molecule has 0 unspecified atom stereocenters. The third kappa shape index (κ3) is 4.07. The van der Waals surface area contributed by atoms with Gasteiger partial charge in [0.1, 0.15) is 0 Å². The molecule has 1 aliphatic heterocycles. The zero-order chi connectivity index (χ0) is 12.8. The van der Waals surface area contributed by atoms with Gasteiger partial charge in [-0.25, -0.2) is 0 Å². The van der Waals surface area contributed by atoms with Crippen molar-refractivity contribution in [2.75, 3.05) is 19.6 Å². The van der Waals surface area contributed by atoms with Gasteiger partial charge in [-0.1, -0.05) is 42.5 Å². The third-order valence-corrected chi connectivity index (χ3v) is 4.11. The molecule has 1 heterocycles. The monoisotopic (exact) mass is 262 g/mol. The summed E-state index contributed by atoms with van der Waals surface area (Å²) >= 11 is 5.06. The molecule has 2 N–H and O–H groups in total. The maximum atomic E-state index is 5.70. The fourth-order valence-electron chi connectivity index (χ4n) is 2.59. The van der Waals surface area contributed by atoms with Gasteiger partial charge < -0.3 is 10.6 Å². The Bertz CT molecular complexity index is 369. The molecule has 1 fully saturated rings. The number of thiocarbonyl (C=S) groups is 1. The van der Waals surface area contributed by atoms with Crippen LogP contribution < -0.4 is 5.73 Å². The molecular weight excluding hydrogens is 240 g/mol. The lowest BCUT2D eigenvalue weighted by Crippen LogP contribution is -2.38. The molecule has 0 atom stereocenters. The summed E-state index contributed by atoms with van der Waals surface area (Å²) in [7, 11) is 0. The van der Waals surface area contributed by atoms with Gasteiger partial charge in [0.05, 0.1) is 4.99 Å². The van der Waals surface area contributed by atoms with Gasteiger partial charge in [-0.2, -0.15) is 0 Å². The van der Waals surface area contributed by atoms with Crippen molar-refractivity contribution in [2.45, 2.75) is 25.7 Å². The van der Waals surface area contributed by atoms with Gasteiger partial charge in [-0.3, -0.25) is 0 Å². The second-order valence-electron chi connectivity index (χ2n) is 5.11. The van der Waals surface area contributed by atoms with E-state index in [-0.39, 0.29) is 0 Å². The van der Waals surface area contributed by atoms with E-state index < -0.39 is 0 Å². The van der Waals surface area contributed by atoms with Crippen molar-refractivity contribution in [3.63, 3.8) is 0 Å². The SMILES string of the molecule is NC(=S)C1CCN(CCCc2ccccc2)CC1. The molecule has 3 heteroatoms. The number of hydrogen-bond acceptors (Lipinski definition) is 2. The molecule has 0 radical (unpaired) electrons. The summed E-state index contributed by atoms with van der Waals surface area (Å²) in [5.74, 6) is 0.477. The molecule has 0 aromatic heterocycles. The van der Waals surface area contributed by atoms with Crippen molar-refractivity contribution < 1.29 is 0 Å². The van der Waals surface area contributed by atoms with Crippen LogP contribution in [0.1, 0.15) is 24.8 Å². The van der Waals surface area contributed by atoms with Gasteiger partial charge in [-0.15, -0.1) is 0 Å². The van der Waals surface area contributed by atoms with Gasteiger partial charge in [0.15, 0.2) is 0 Å². The maximum Gasteiger partial charge on any atom is 0.0759 e. The van der Waals surface area contributed by atoms with Crippen LogP contribution in [0.2, 0.25) is 0 Å². The van der Waals surface area contributed by atoms with Crippen LogP contribution in [0.4, 0.5) is 0 Å². The summed E-state index contributed by atoms with van der Waals surface area (Å²) < 4.78 is 0. The van der Waals surface area contributed by atoms with Crippen LogP contribution in [0.25, 0.3) is 0 Å². The number of aryl methyl sites for hydroxylation is 1. The van der Waals surface area contributed by atoms with E-state index >= 15 is 0 Å². The molecule has 0 aliphatic carbocycles. The minimum atomic E-state index is 0.477. The lowest BCUT2D eigenvalue weighted by Gasteiger charge is -2.31. The largest absolute Gasteiger partial charge is 0.393 e. The predicted octanol–water partition coefficient (Wildman–Crippen LogP) is 2.62. The van der Waals surface area contributed by atoms with E-state index in [1.54, 1.807) is 0 Å². The van der Waals surface area contributed by atoms with Crippen molar-refractivity contribution >= 4 is 17.2 Å². The van der Waals surface area contributed by atoms with Crippen LogP contribution >= 0.6 is 12.2 Å². The van der Waals surface area contributed by atoms with Gasteiger partial charge in [-0.05, 0) is 50.9 Å². The van der Waals surface area contributed by atoms with E-state index in [2.05, 4.69) is 35.2 Å². The molecule has 1 saturated heterocycles. The summed E-state index contributed by atoms with van der Waals surface area (Å²) in [6.07, 6.45) is 4.69. The summed E-state index contributed by atoms with van der Waals surface area (Å²) in [5, 5.41) is 0. The quantitative estimate of drug-likeness (QED) is 0.827. The lowest BCUT2D eigenvalue weighted by molar-refractivity contribution is 0.208. The minimum Gasteiger partial charge on any atom is -0.393 e. The number of benzene rings is 1. The van der Waals surface area contributed by atoms with Gasteiger partial charge in [0, 0.05) is 5.92 Å². The standard InChI is InChI=1S/C15H22N2S/c16-15(18)14-8-11-17(12-9-14)10-4-7-13-5-2-1-3-6-13/h1-3,5-6,14H,4,7-12H2,(H2,16,18). The average Bonchev–Trinajstić information content (AvgIpc) is 2.40. The molecule has 0 spiro atoms. The van der Waals surface area contributed by atoms with E-state index in [0.29, 0.717) is 10.9 Å². The normalized spacial score (nSPS) is 17.8. The average molecular weight is 262 g/mol. The van der Waals surface area contributed by atoms with Crippen molar-refractivity contribution in [1.82, 2.24) is 4.90 Å². The Morgan fingerprint density at radius 2 is 1.89 bits per heavy atom. The highest BCUT2D eigenvalue weighted by Gasteiger charge is 2.20. The summed E-state index contributed by atoms with van der Waals surface area (Å²) in [4.78, 5) is 3.25. The molecule has 98 valence electrons. The van der Waals surface area contributed by atoms with Gasteiger partial charge in [0.25, 0.3) is 0 Å². The molecular formula is C15H22N2S. The summed E-state index contributed by atoms with van der Waals surface area (Å²) in [5.41, 5.74) is 7.14. The smallest absolute Gasteiger partial charge is 0.0759 e. The first-order valence-electron chi connectivity index (χ1n) is 6.81. The minimum absolute atomic E-state index is 0.477. The first kappa shape index (κ1) is 13.5. The van der Waals surface area contributed by atoms with Crippen LogP contribution in [0.5, 0.6) is 0 Å². The number of piperidine rings is 1. The fraction of sp³-hybridized carbons (Fsp3) is 0.533. The topological polar surface area (TPSA) is 29.3 Å². The highest BCUT2D eigenvalue weighted by Crippen LogP contribution is 2.17. The van der Waals surface area contributed by atoms with E-state index in [9.17, 15) is 0 Å². The molecule has 0 saturated carbocycles. The molecule has 0 amide bonds. The molecule has 1 aromatic rings. The van der Waals surface area contributed by atoms with Crippen LogP contribution in [0.15, 0.2) is 30.3 Å². The summed E-state index contributed by atoms with van der Waals surface area (Å²) in [6.45, 7) is 3.49. The van der Waals surface area contributed by atoms with Crippen LogP contribution in [0, 0.1) is 5.92 Å². The van der Waals surface area contributed by atoms with E-state index in [1.165, 1.54) is 24.9 Å². The van der Waals surface area contributed by atoms with Gasteiger partial charge >= 0.3 is 0 Å². The van der Waals surface area contributed by atoms with Gasteiger partial charge in [0.2, 0.25) is 0 Å². The van der Waals surface area contributed by atoms with Crippen molar-refractivity contribution in [2.24, 2.45) is 11.7 Å². The zero-order valence-electron chi connectivity index (χ0n) is 10.8. The highest BCUT2D eigenvalue weighted by atomic mass is 32.1. The Morgan fingerprint density at radius 3 is 2.50 bits per heavy atom. The molecule has 1 aromatic carbocycles. The van der Waals surface area contributed by atoms with E-state index in [1.807, 2.05) is 0 Å². The Balaban J connectivity index is 1.65. The van der Waals surface area contributed by atoms with Crippen LogP contribution in [0.3, 0.4) is 0 Å². The van der Waals surface area contributed by atoms with E-state index in [0.717, 1.165) is 25.9 Å². The Hall–Kier alpha value is -0.930. The lowest BCUT2D eigenvalue weighted by atomic mass is 9.96. The van der Waals surface area contributed by atoms with Crippen molar-refractivity contribution in [3.8, 4) is 0 Å². The van der Waals surface area contributed by atoms with Crippen LogP contribution in [-0.2, 0) is 6.42 Å². The Morgan fingerprint density at radius 1 is 1.22 bits per heavy atom. The summed E-state index contributed by atoms with van der Waals surface area (Å²) in [6, 6.07) is 10.7. The fourth-order valence-corrected chi connectivity index (χ4v) is 2.83. The maximum absolute atomic E-state index is 5.70. The highest BCUT2D eigenvalue weighted by molar-refractivity contribution is 7.80. The number of nitrogens with zero attached hydrogens (tertiary/aromatic N) is 1. The second-order valence-corrected chi connectivity index (χ2v) is 5.58. The van der Waals surface area contributed by atoms with Crippen molar-refractivity contribution in [1.29, 1.82) is 0 Å². The van der Waals surface area contributed by atoms with Crippen LogP contribution in [-0.4, -0.2) is 29.5 Å². The number of nitrogens with two attached hydrogens (primary N) is 1. The first-order chi connectivity index (χ1) is 8.75. The number of hydrogen-bond donors (Lipinski definition) is 1. The molecule has 2 rings (SSSR count). The number of likely N-dealkylation sites (tertiary alicyclic amines) is 1. The second kappa shape index (κ2) is 6.86. The number of rotatable bonds is 5. The van der Waals surface area contributed by atoms with Crippen molar-refractivity contribution in [3.05, 3.63) is 35.9 Å². The molecule has 2 nitrogen and oxygen atoms in total. The third-order valence-electron chi connectivity index (χ3n) is 3.77. The zero-order valence-corrected chi connectivity index (χ0v) is 11.7. The van der Waals surface area contributed by atoms with E-state index in [4.69, 9.17) is 18.0 Å². The Labute approximate surface area is 115 Å². The Kier molecular flexibility index (Phi) is 5.14. The molecule has 1 aliphatic rings. The first-order valence-corrected chi connectivity index (χ1v) is 7.22.